The summed E-state index contributed by atoms with van der Waals surface area (Å²) in [6.07, 6.45) is 1.86. The first-order valence-electron chi connectivity index (χ1n) is 8.04. The van der Waals surface area contributed by atoms with E-state index in [0.29, 0.717) is 6.61 Å². The molecule has 0 saturated carbocycles. The van der Waals surface area contributed by atoms with Gasteiger partial charge in [-0.1, -0.05) is 36.4 Å². The molecular weight excluding hydrogens is 296 g/mol. The van der Waals surface area contributed by atoms with Crippen LogP contribution in [-0.2, 0) is 0 Å². The normalized spacial score (nSPS) is 10.7. The molecule has 0 atom stereocenters. The zero-order chi connectivity index (χ0) is 16.6. The first-order valence-corrected chi connectivity index (χ1v) is 8.04. The maximum atomic E-state index is 5.47. The van der Waals surface area contributed by atoms with Crippen LogP contribution in [0, 0.1) is 0 Å². The highest BCUT2D eigenvalue weighted by Gasteiger charge is 2.06. The predicted molar refractivity (Wildman–Crippen MR) is 100 cm³/mol. The Bertz CT molecular complexity index is 728. The van der Waals surface area contributed by atoms with Crippen molar-refractivity contribution in [2.45, 2.75) is 6.92 Å². The highest BCUT2D eigenvalue weighted by molar-refractivity contribution is 5.81. The summed E-state index contributed by atoms with van der Waals surface area (Å²) in [4.78, 5) is 0. The van der Waals surface area contributed by atoms with E-state index in [0.717, 1.165) is 22.7 Å². The molecule has 3 heteroatoms. The van der Waals surface area contributed by atoms with Gasteiger partial charge in [-0.3, -0.25) is 0 Å². The van der Waals surface area contributed by atoms with E-state index in [-0.39, 0.29) is 0 Å². The summed E-state index contributed by atoms with van der Waals surface area (Å²) in [7, 11) is 0. The minimum atomic E-state index is 0.670. The Morgan fingerprint density at radius 1 is 0.792 bits per heavy atom. The number of nitrogens with zero attached hydrogens (tertiary/aromatic N) is 2. The number of benzene rings is 3. The molecule has 0 aliphatic heterocycles. The molecule has 0 fully saturated rings. The molecule has 3 nitrogen and oxygen atoms in total. The second-order valence-corrected chi connectivity index (χ2v) is 5.23. The summed E-state index contributed by atoms with van der Waals surface area (Å²) < 4.78 is 5.47. The summed E-state index contributed by atoms with van der Waals surface area (Å²) in [5, 5.41) is 6.60. The second kappa shape index (κ2) is 7.97. The summed E-state index contributed by atoms with van der Waals surface area (Å²) in [5.41, 5.74) is 3.06. The SMILES string of the molecule is CCOc1ccc(/C=N\N(c2ccccc2)c2ccccc2)cc1. The Hall–Kier alpha value is -3.07. The van der Waals surface area contributed by atoms with Gasteiger partial charge in [-0.05, 0) is 61.0 Å². The van der Waals surface area contributed by atoms with Crippen LogP contribution < -0.4 is 9.75 Å². The van der Waals surface area contributed by atoms with E-state index >= 15 is 0 Å². The van der Waals surface area contributed by atoms with Gasteiger partial charge in [0.1, 0.15) is 5.75 Å². The van der Waals surface area contributed by atoms with Crippen molar-refractivity contribution in [3.05, 3.63) is 90.5 Å². The molecule has 0 aliphatic carbocycles. The third-order valence-corrected chi connectivity index (χ3v) is 3.51. The van der Waals surface area contributed by atoms with Crippen molar-refractivity contribution < 1.29 is 4.74 Å². The minimum Gasteiger partial charge on any atom is -0.494 e. The number of ether oxygens (including phenoxy) is 1. The van der Waals surface area contributed by atoms with E-state index in [1.807, 2.05) is 103 Å². The monoisotopic (exact) mass is 316 g/mol. The molecule has 0 amide bonds. The molecule has 0 aromatic heterocycles. The lowest BCUT2D eigenvalue weighted by atomic mass is 10.2. The first-order chi connectivity index (χ1) is 11.9. The summed E-state index contributed by atoms with van der Waals surface area (Å²) in [6.45, 7) is 2.65. The number of rotatable bonds is 6. The van der Waals surface area contributed by atoms with Gasteiger partial charge >= 0.3 is 0 Å². The van der Waals surface area contributed by atoms with Gasteiger partial charge in [0.2, 0.25) is 0 Å². The Morgan fingerprint density at radius 3 is 1.83 bits per heavy atom. The van der Waals surface area contributed by atoms with E-state index in [4.69, 9.17) is 4.74 Å². The van der Waals surface area contributed by atoms with Crippen LogP contribution in [0.4, 0.5) is 11.4 Å². The lowest BCUT2D eigenvalue weighted by Crippen LogP contribution is -2.09. The van der Waals surface area contributed by atoms with Crippen LogP contribution in [0.25, 0.3) is 0 Å². The molecule has 24 heavy (non-hydrogen) atoms. The number of hydrazone groups is 1. The van der Waals surface area contributed by atoms with E-state index < -0.39 is 0 Å². The second-order valence-electron chi connectivity index (χ2n) is 5.23. The van der Waals surface area contributed by atoms with Crippen LogP contribution in [0.15, 0.2) is 90.0 Å². The smallest absolute Gasteiger partial charge is 0.119 e. The summed E-state index contributed by atoms with van der Waals surface area (Å²) in [6, 6.07) is 28.2. The van der Waals surface area contributed by atoms with Gasteiger partial charge in [0.05, 0.1) is 24.2 Å². The third kappa shape index (κ3) is 4.02. The zero-order valence-corrected chi connectivity index (χ0v) is 13.7. The molecule has 3 aromatic rings. The maximum Gasteiger partial charge on any atom is 0.119 e. The molecule has 120 valence electrons. The Kier molecular flexibility index (Phi) is 5.25. The van der Waals surface area contributed by atoms with Crippen LogP contribution in [0.2, 0.25) is 0 Å². The molecule has 3 aromatic carbocycles. The van der Waals surface area contributed by atoms with Gasteiger partial charge in [0.25, 0.3) is 0 Å². The molecule has 0 radical (unpaired) electrons. The average molecular weight is 316 g/mol. The number of anilines is 2. The molecule has 0 bridgehead atoms. The summed E-state index contributed by atoms with van der Waals surface area (Å²) in [5.74, 6) is 0.873. The number of para-hydroxylation sites is 2. The van der Waals surface area contributed by atoms with Crippen molar-refractivity contribution in [1.29, 1.82) is 0 Å². The number of hydrogen-bond donors (Lipinski definition) is 0. The quantitative estimate of drug-likeness (QED) is 0.458. The van der Waals surface area contributed by atoms with E-state index in [9.17, 15) is 0 Å². The molecule has 3 rings (SSSR count). The number of hydrogen-bond acceptors (Lipinski definition) is 3. The molecule has 0 saturated heterocycles. The van der Waals surface area contributed by atoms with Crippen LogP contribution >= 0.6 is 0 Å². The van der Waals surface area contributed by atoms with Crippen LogP contribution in [-0.4, -0.2) is 12.8 Å². The van der Waals surface area contributed by atoms with Gasteiger partial charge in [-0.15, -0.1) is 0 Å². The minimum absolute atomic E-state index is 0.670. The Morgan fingerprint density at radius 2 is 1.33 bits per heavy atom. The van der Waals surface area contributed by atoms with Crippen molar-refractivity contribution in [2.75, 3.05) is 11.6 Å². The Balaban J connectivity index is 1.86. The molecular formula is C21H20N2O. The molecule has 0 N–H and O–H groups in total. The van der Waals surface area contributed by atoms with Crippen LogP contribution in [0.3, 0.4) is 0 Å². The van der Waals surface area contributed by atoms with Crippen molar-refractivity contribution in [1.82, 2.24) is 0 Å². The van der Waals surface area contributed by atoms with Crippen molar-refractivity contribution in [3.63, 3.8) is 0 Å². The van der Waals surface area contributed by atoms with E-state index in [1.165, 1.54) is 0 Å². The van der Waals surface area contributed by atoms with Crippen LogP contribution in [0.5, 0.6) is 5.75 Å². The van der Waals surface area contributed by atoms with Crippen molar-refractivity contribution >= 4 is 17.6 Å². The Labute approximate surface area is 142 Å². The van der Waals surface area contributed by atoms with Gasteiger partial charge < -0.3 is 4.74 Å². The molecule has 0 aliphatic rings. The largest absolute Gasteiger partial charge is 0.494 e. The highest BCUT2D eigenvalue weighted by atomic mass is 16.5. The van der Waals surface area contributed by atoms with E-state index in [2.05, 4.69) is 5.10 Å². The lowest BCUT2D eigenvalue weighted by molar-refractivity contribution is 0.340. The fraction of sp³-hybridized carbons (Fsp3) is 0.0952. The van der Waals surface area contributed by atoms with E-state index in [1.54, 1.807) is 0 Å². The third-order valence-electron chi connectivity index (χ3n) is 3.51. The van der Waals surface area contributed by atoms with Gasteiger partial charge in [0.15, 0.2) is 0 Å². The fourth-order valence-corrected chi connectivity index (χ4v) is 2.36. The first kappa shape index (κ1) is 15.8. The average Bonchev–Trinajstić information content (AvgIpc) is 2.65. The lowest BCUT2D eigenvalue weighted by Gasteiger charge is -2.19. The molecule has 0 spiro atoms. The maximum absolute atomic E-state index is 5.47. The van der Waals surface area contributed by atoms with Gasteiger partial charge in [-0.2, -0.15) is 5.10 Å². The van der Waals surface area contributed by atoms with Crippen molar-refractivity contribution in [2.24, 2.45) is 5.10 Å². The standard InChI is InChI=1S/C21H20N2O/c1-2-24-21-15-13-18(14-16-21)17-22-23(19-9-5-3-6-10-19)20-11-7-4-8-12-20/h3-17H,2H2,1H3/b22-17-. The van der Waals surface area contributed by atoms with Crippen molar-refractivity contribution in [3.8, 4) is 5.75 Å². The van der Waals surface area contributed by atoms with Crippen LogP contribution in [0.1, 0.15) is 12.5 Å². The zero-order valence-electron chi connectivity index (χ0n) is 13.7. The summed E-state index contributed by atoms with van der Waals surface area (Å²) >= 11 is 0. The van der Waals surface area contributed by atoms with Gasteiger partial charge in [-0.25, -0.2) is 5.01 Å². The van der Waals surface area contributed by atoms with Gasteiger partial charge in [0, 0.05) is 0 Å². The molecule has 0 unspecified atom stereocenters. The highest BCUT2D eigenvalue weighted by Crippen LogP contribution is 2.25. The predicted octanol–water partition coefficient (Wildman–Crippen LogP) is 5.26. The fourth-order valence-electron chi connectivity index (χ4n) is 2.36. The topological polar surface area (TPSA) is 24.8 Å². The molecule has 0 heterocycles.